The van der Waals surface area contributed by atoms with Gasteiger partial charge in [0.2, 0.25) is 5.91 Å². The van der Waals surface area contributed by atoms with Crippen LogP contribution in [0.5, 0.6) is 0 Å². The Hall–Kier alpha value is -3.25. The number of benzene rings is 3. The van der Waals surface area contributed by atoms with E-state index in [2.05, 4.69) is 6.07 Å². The Bertz CT molecular complexity index is 1210. The highest BCUT2D eigenvalue weighted by atomic mass is 19.2. The Labute approximate surface area is 160 Å². The first kappa shape index (κ1) is 18.1. The van der Waals surface area contributed by atoms with Crippen molar-refractivity contribution in [3.63, 3.8) is 0 Å². The van der Waals surface area contributed by atoms with Crippen LogP contribution in [0.3, 0.4) is 0 Å². The molecule has 6 heteroatoms. The van der Waals surface area contributed by atoms with Gasteiger partial charge in [0.25, 0.3) is 0 Å². The molecule has 3 aromatic carbocycles. The predicted molar refractivity (Wildman–Crippen MR) is 103 cm³/mol. The lowest BCUT2D eigenvalue weighted by Crippen LogP contribution is -2.11. The van der Waals surface area contributed by atoms with Crippen LogP contribution in [-0.4, -0.2) is 17.6 Å². The number of fused-ring (bicyclic) bond motifs is 3. The van der Waals surface area contributed by atoms with Crippen molar-refractivity contribution >= 4 is 27.7 Å². The maximum Gasteiger partial charge on any atom is 0.249 e. The highest BCUT2D eigenvalue weighted by Crippen LogP contribution is 2.33. The summed E-state index contributed by atoms with van der Waals surface area (Å²) in [6.45, 7) is 0.473. The second-order valence-electron chi connectivity index (χ2n) is 6.56. The largest absolute Gasteiger partial charge is 0.380 e. The van der Waals surface area contributed by atoms with Gasteiger partial charge in [0, 0.05) is 29.0 Å². The molecular formula is C22H17F2N2O2. The molecule has 0 aliphatic rings. The zero-order valence-electron chi connectivity index (χ0n) is 15.1. The summed E-state index contributed by atoms with van der Waals surface area (Å²) in [6, 6.07) is 16.2. The van der Waals surface area contributed by atoms with Crippen molar-refractivity contribution in [2.24, 2.45) is 5.73 Å². The number of nitrogens with two attached hydrogens (primary N) is 1. The molecule has 4 rings (SSSR count). The zero-order chi connectivity index (χ0) is 19.8. The van der Waals surface area contributed by atoms with Gasteiger partial charge in [0.05, 0.1) is 24.2 Å². The van der Waals surface area contributed by atoms with Crippen LogP contribution in [0.25, 0.3) is 21.8 Å². The summed E-state index contributed by atoms with van der Waals surface area (Å²) >= 11 is 0. The smallest absolute Gasteiger partial charge is 0.249 e. The molecular weight excluding hydrogens is 362 g/mol. The quantitative estimate of drug-likeness (QED) is 0.566. The molecule has 2 N–H and O–H groups in total. The third-order valence-corrected chi connectivity index (χ3v) is 4.79. The number of carbonyl (C=O) groups excluding carboxylic acids is 1. The number of rotatable bonds is 5. The fraction of sp³-hybridized carbons (Fsp3) is 0.136. The van der Waals surface area contributed by atoms with Crippen LogP contribution in [0.15, 0.2) is 48.5 Å². The Morgan fingerprint density at radius 3 is 2.71 bits per heavy atom. The zero-order valence-corrected chi connectivity index (χ0v) is 15.1. The molecule has 141 valence electrons. The van der Waals surface area contributed by atoms with Gasteiger partial charge in [0.1, 0.15) is 0 Å². The van der Waals surface area contributed by atoms with Crippen molar-refractivity contribution in [3.05, 3.63) is 82.9 Å². The second kappa shape index (κ2) is 7.05. The summed E-state index contributed by atoms with van der Waals surface area (Å²) in [5.74, 6) is -2.35. The van der Waals surface area contributed by atoms with Crippen LogP contribution in [-0.2, 0) is 17.9 Å². The first-order valence-corrected chi connectivity index (χ1v) is 8.68. The SMILES string of the molecule is COCc1c[c]c2c3c(C(N)=O)cccc3n(Cc3cccc(F)c3F)c2c1. The molecule has 0 aliphatic carbocycles. The van der Waals surface area contributed by atoms with Gasteiger partial charge in [-0.3, -0.25) is 4.79 Å². The van der Waals surface area contributed by atoms with Crippen LogP contribution in [0, 0.1) is 17.7 Å². The van der Waals surface area contributed by atoms with Crippen LogP contribution in [0.4, 0.5) is 8.78 Å². The Morgan fingerprint density at radius 2 is 1.96 bits per heavy atom. The second-order valence-corrected chi connectivity index (χ2v) is 6.56. The minimum atomic E-state index is -0.900. The Morgan fingerprint density at radius 1 is 1.18 bits per heavy atom. The van der Waals surface area contributed by atoms with Gasteiger partial charge in [-0.25, -0.2) is 8.78 Å². The molecule has 1 aromatic heterocycles. The van der Waals surface area contributed by atoms with Gasteiger partial charge in [-0.1, -0.05) is 18.2 Å². The monoisotopic (exact) mass is 379 g/mol. The molecule has 0 bridgehead atoms. The first-order chi connectivity index (χ1) is 13.5. The molecule has 1 amide bonds. The summed E-state index contributed by atoms with van der Waals surface area (Å²) < 4.78 is 35.0. The minimum absolute atomic E-state index is 0.0933. The highest BCUT2D eigenvalue weighted by Gasteiger charge is 2.18. The minimum Gasteiger partial charge on any atom is -0.380 e. The van der Waals surface area contributed by atoms with E-state index in [0.29, 0.717) is 28.5 Å². The van der Waals surface area contributed by atoms with E-state index in [4.69, 9.17) is 10.5 Å². The lowest BCUT2D eigenvalue weighted by molar-refractivity contribution is 0.100. The number of ether oxygens (including phenoxy) is 1. The third-order valence-electron chi connectivity index (χ3n) is 4.79. The number of hydrogen-bond donors (Lipinski definition) is 1. The van der Waals surface area contributed by atoms with Crippen molar-refractivity contribution in [3.8, 4) is 0 Å². The topological polar surface area (TPSA) is 57.2 Å². The number of halogens is 2. The molecule has 0 aliphatic heterocycles. The van der Waals surface area contributed by atoms with E-state index in [9.17, 15) is 13.6 Å². The number of carbonyl (C=O) groups is 1. The third kappa shape index (κ3) is 2.92. The van der Waals surface area contributed by atoms with E-state index in [1.807, 2.05) is 16.7 Å². The maximum absolute atomic E-state index is 14.3. The van der Waals surface area contributed by atoms with E-state index < -0.39 is 17.5 Å². The molecule has 0 saturated heterocycles. The van der Waals surface area contributed by atoms with E-state index in [0.717, 1.165) is 17.1 Å². The molecule has 0 saturated carbocycles. The molecule has 4 nitrogen and oxygen atoms in total. The molecule has 0 fully saturated rings. The van der Waals surface area contributed by atoms with Gasteiger partial charge < -0.3 is 15.0 Å². The summed E-state index contributed by atoms with van der Waals surface area (Å²) in [6.07, 6.45) is 0. The summed E-state index contributed by atoms with van der Waals surface area (Å²) in [7, 11) is 1.59. The summed E-state index contributed by atoms with van der Waals surface area (Å²) in [5.41, 5.74) is 8.44. The van der Waals surface area contributed by atoms with Gasteiger partial charge in [-0.15, -0.1) is 0 Å². The number of methoxy groups -OCH3 is 1. The van der Waals surface area contributed by atoms with Gasteiger partial charge >= 0.3 is 0 Å². The molecule has 0 spiro atoms. The number of hydrogen-bond acceptors (Lipinski definition) is 2. The lowest BCUT2D eigenvalue weighted by Gasteiger charge is -2.10. The van der Waals surface area contributed by atoms with Gasteiger partial charge in [0.15, 0.2) is 11.6 Å². The predicted octanol–water partition coefficient (Wildman–Crippen LogP) is 4.17. The number of aromatic nitrogens is 1. The number of amides is 1. The lowest BCUT2D eigenvalue weighted by atomic mass is 10.0. The van der Waals surface area contributed by atoms with Gasteiger partial charge in [-0.05, 0) is 42.0 Å². The maximum atomic E-state index is 14.3. The van der Waals surface area contributed by atoms with Crippen LogP contribution in [0.2, 0.25) is 0 Å². The fourth-order valence-electron chi connectivity index (χ4n) is 3.57. The fourth-order valence-corrected chi connectivity index (χ4v) is 3.57. The van der Waals surface area contributed by atoms with Crippen molar-refractivity contribution in [1.29, 1.82) is 0 Å². The summed E-state index contributed by atoms with van der Waals surface area (Å²) in [4.78, 5) is 12.0. The van der Waals surface area contributed by atoms with E-state index >= 15 is 0 Å². The van der Waals surface area contributed by atoms with Crippen molar-refractivity contribution in [2.75, 3.05) is 7.11 Å². The molecule has 0 unspecified atom stereocenters. The molecule has 1 radical (unpaired) electrons. The highest BCUT2D eigenvalue weighted by molar-refractivity contribution is 6.17. The number of primary amides is 1. The van der Waals surface area contributed by atoms with Crippen LogP contribution < -0.4 is 5.73 Å². The number of nitrogens with zero attached hydrogens (tertiary/aromatic N) is 1. The molecule has 0 atom stereocenters. The van der Waals surface area contributed by atoms with Crippen LogP contribution in [0.1, 0.15) is 21.5 Å². The Balaban J connectivity index is 2.04. The Kier molecular flexibility index (Phi) is 4.57. The molecule has 1 heterocycles. The van der Waals surface area contributed by atoms with E-state index in [-0.39, 0.29) is 12.1 Å². The van der Waals surface area contributed by atoms with E-state index in [1.165, 1.54) is 12.1 Å². The van der Waals surface area contributed by atoms with Crippen molar-refractivity contribution in [1.82, 2.24) is 4.57 Å². The van der Waals surface area contributed by atoms with E-state index in [1.54, 1.807) is 25.3 Å². The van der Waals surface area contributed by atoms with Crippen molar-refractivity contribution < 1.29 is 18.3 Å². The normalized spacial score (nSPS) is 11.4. The molecule has 28 heavy (non-hydrogen) atoms. The van der Waals surface area contributed by atoms with Crippen LogP contribution >= 0.6 is 0 Å². The van der Waals surface area contributed by atoms with Crippen molar-refractivity contribution in [2.45, 2.75) is 13.2 Å². The standard InChI is InChI=1S/C22H17F2N2O2/c1-28-12-13-8-9-15-19(10-13)26(11-14-4-2-6-17(23)21(14)24)18-7-3-5-16(20(15)18)22(25)27/h2-8,10H,11-12H2,1H3,(H2,25,27). The summed E-state index contributed by atoms with van der Waals surface area (Å²) in [5, 5.41) is 1.34. The molecule has 4 aromatic rings. The average Bonchev–Trinajstić information content (AvgIpc) is 2.99. The first-order valence-electron chi connectivity index (χ1n) is 8.68. The van der Waals surface area contributed by atoms with Gasteiger partial charge in [-0.2, -0.15) is 0 Å². The average molecular weight is 379 g/mol.